The maximum atomic E-state index is 13.1. The molecule has 0 fully saturated rings. The lowest BCUT2D eigenvalue weighted by Crippen LogP contribution is -2.21. The molecule has 2 aromatic heterocycles. The van der Waals surface area contributed by atoms with Crippen LogP contribution in [0, 0.1) is 11.6 Å². The molecule has 0 atom stereocenters. The first kappa shape index (κ1) is 26.7. The minimum absolute atomic E-state index is 0.192. The van der Waals surface area contributed by atoms with E-state index < -0.39 is 58.0 Å². The second-order valence-electron chi connectivity index (χ2n) is 8.37. The van der Waals surface area contributed by atoms with Gasteiger partial charge in [0.1, 0.15) is 11.6 Å². The molecule has 11 heteroatoms. The number of esters is 2. The van der Waals surface area contributed by atoms with Gasteiger partial charge in [0, 0.05) is 12.4 Å². The van der Waals surface area contributed by atoms with E-state index in [9.17, 15) is 38.2 Å². The molecule has 9 nitrogen and oxygen atoms in total. The third kappa shape index (κ3) is 6.52. The van der Waals surface area contributed by atoms with Gasteiger partial charge in [0.2, 0.25) is 0 Å². The van der Waals surface area contributed by atoms with Crippen molar-refractivity contribution in [2.45, 2.75) is 12.8 Å². The van der Waals surface area contributed by atoms with E-state index in [0.29, 0.717) is 22.3 Å². The fourth-order valence-corrected chi connectivity index (χ4v) is 3.72. The minimum atomic E-state index is -1.52. The molecule has 0 radical (unpaired) electrons. The molecule has 0 amide bonds. The molecule has 0 spiro atoms. The van der Waals surface area contributed by atoms with Gasteiger partial charge in [-0.25, -0.2) is 37.9 Å². The summed E-state index contributed by atoms with van der Waals surface area (Å²) in [6, 6.07) is 13.3. The average molecular weight is 532 g/mol. The summed E-state index contributed by atoms with van der Waals surface area (Å²) in [4.78, 5) is 56.6. The van der Waals surface area contributed by atoms with Crippen LogP contribution in [0.5, 0.6) is 0 Å². The zero-order valence-corrected chi connectivity index (χ0v) is 19.9. The Hall–Kier alpha value is -5.32. The van der Waals surface area contributed by atoms with Crippen molar-refractivity contribution in [2.75, 3.05) is 0 Å². The molecule has 0 saturated heterocycles. The molecule has 2 aromatic carbocycles. The Morgan fingerprint density at radius 1 is 0.615 bits per heavy atom. The fraction of sp³-hybridized carbons (Fsp3) is 0.0714. The van der Waals surface area contributed by atoms with Crippen molar-refractivity contribution in [1.29, 1.82) is 0 Å². The van der Waals surface area contributed by atoms with Gasteiger partial charge in [-0.1, -0.05) is 24.3 Å². The van der Waals surface area contributed by atoms with E-state index in [0.717, 1.165) is 0 Å². The Balaban J connectivity index is 1.54. The molecule has 2 heterocycles. The Morgan fingerprint density at radius 2 is 0.974 bits per heavy atom. The second kappa shape index (κ2) is 11.4. The summed E-state index contributed by atoms with van der Waals surface area (Å²) in [5, 5.41) is 19.2. The normalized spacial score (nSPS) is 10.6. The minimum Gasteiger partial charge on any atom is -0.478 e. The standard InChI is InChI=1S/C28H18F2N2O7/c29-19-5-1-15(2-6-19)9-17-11-21(25(33)34)23(31-13-17)27(37)39-28(38)24-22(26(35)36)12-18(14-32-24)10-16-3-7-20(30)8-4-16/h1-8,11-14H,9-10H2,(H,33,34)(H,35,36). The van der Waals surface area contributed by atoms with Gasteiger partial charge in [-0.15, -0.1) is 0 Å². The highest BCUT2D eigenvalue weighted by Crippen LogP contribution is 2.18. The van der Waals surface area contributed by atoms with Crippen LogP contribution in [0.3, 0.4) is 0 Å². The number of ether oxygens (including phenoxy) is 1. The Labute approximate surface area is 219 Å². The second-order valence-corrected chi connectivity index (χ2v) is 8.37. The van der Waals surface area contributed by atoms with Crippen molar-refractivity contribution in [3.63, 3.8) is 0 Å². The number of rotatable bonds is 8. The summed E-state index contributed by atoms with van der Waals surface area (Å²) in [5.41, 5.74) is -0.332. The van der Waals surface area contributed by atoms with Crippen LogP contribution >= 0.6 is 0 Å². The van der Waals surface area contributed by atoms with Gasteiger partial charge in [0.25, 0.3) is 0 Å². The molecule has 0 saturated carbocycles. The third-order valence-corrected chi connectivity index (χ3v) is 5.56. The summed E-state index contributed by atoms with van der Waals surface area (Å²) in [7, 11) is 0. The highest BCUT2D eigenvalue weighted by molar-refractivity contribution is 6.09. The number of hydrogen-bond donors (Lipinski definition) is 2. The van der Waals surface area contributed by atoms with Gasteiger partial charge < -0.3 is 14.9 Å². The molecule has 39 heavy (non-hydrogen) atoms. The van der Waals surface area contributed by atoms with Crippen LogP contribution in [0.1, 0.15) is 63.9 Å². The topological polar surface area (TPSA) is 144 Å². The largest absolute Gasteiger partial charge is 0.478 e. The van der Waals surface area contributed by atoms with E-state index in [1.807, 2.05) is 0 Å². The van der Waals surface area contributed by atoms with Crippen molar-refractivity contribution >= 4 is 23.9 Å². The van der Waals surface area contributed by atoms with Crippen molar-refractivity contribution in [2.24, 2.45) is 0 Å². The van der Waals surface area contributed by atoms with Crippen LogP contribution in [0.25, 0.3) is 0 Å². The van der Waals surface area contributed by atoms with Gasteiger partial charge >= 0.3 is 23.9 Å². The van der Waals surface area contributed by atoms with E-state index in [2.05, 4.69) is 9.97 Å². The molecular weight excluding hydrogens is 514 g/mol. The lowest BCUT2D eigenvalue weighted by molar-refractivity contribution is 0.0378. The van der Waals surface area contributed by atoms with Crippen molar-refractivity contribution in [3.8, 4) is 0 Å². The number of carboxylic acids is 2. The molecule has 0 unspecified atom stereocenters. The van der Waals surface area contributed by atoms with Gasteiger partial charge in [-0.3, -0.25) is 0 Å². The van der Waals surface area contributed by atoms with Crippen LogP contribution in [0.4, 0.5) is 8.78 Å². The first-order valence-electron chi connectivity index (χ1n) is 11.3. The zero-order chi connectivity index (χ0) is 28.1. The van der Waals surface area contributed by atoms with Crippen LogP contribution in [-0.4, -0.2) is 44.1 Å². The number of halogens is 2. The molecule has 0 bridgehead atoms. The van der Waals surface area contributed by atoms with E-state index in [1.54, 1.807) is 0 Å². The lowest BCUT2D eigenvalue weighted by atomic mass is 10.0. The third-order valence-electron chi connectivity index (χ3n) is 5.56. The summed E-state index contributed by atoms with van der Waals surface area (Å²) in [6.07, 6.45) is 2.81. The average Bonchev–Trinajstić information content (AvgIpc) is 2.91. The van der Waals surface area contributed by atoms with Crippen molar-refractivity contribution in [3.05, 3.63) is 129 Å². The summed E-state index contributed by atoms with van der Waals surface area (Å²) in [5.74, 6) is -6.74. The molecule has 2 N–H and O–H groups in total. The maximum absolute atomic E-state index is 13.1. The summed E-state index contributed by atoms with van der Waals surface area (Å²) in [6.45, 7) is 0. The van der Waals surface area contributed by atoms with Crippen LogP contribution < -0.4 is 0 Å². The molecule has 196 valence electrons. The van der Waals surface area contributed by atoms with Crippen molar-refractivity contribution in [1.82, 2.24) is 9.97 Å². The molecule has 4 rings (SSSR count). The summed E-state index contributed by atoms with van der Waals surface area (Å²) < 4.78 is 31.0. The number of carbonyl (C=O) groups is 4. The highest BCUT2D eigenvalue weighted by Gasteiger charge is 2.27. The number of aromatic carboxylic acids is 2. The van der Waals surface area contributed by atoms with E-state index >= 15 is 0 Å². The van der Waals surface area contributed by atoms with Gasteiger partial charge in [0.05, 0.1) is 11.1 Å². The van der Waals surface area contributed by atoms with Gasteiger partial charge in [-0.2, -0.15) is 0 Å². The first-order chi connectivity index (χ1) is 18.6. The first-order valence-corrected chi connectivity index (χ1v) is 11.3. The number of carboxylic acid groups (broad SMARTS) is 2. The smallest absolute Gasteiger partial charge is 0.365 e. The van der Waals surface area contributed by atoms with E-state index in [1.165, 1.54) is 73.1 Å². The van der Waals surface area contributed by atoms with E-state index in [4.69, 9.17) is 4.74 Å². The van der Waals surface area contributed by atoms with E-state index in [-0.39, 0.29) is 12.8 Å². The molecule has 4 aromatic rings. The lowest BCUT2D eigenvalue weighted by Gasteiger charge is -2.10. The molecular formula is C28H18F2N2O7. The predicted octanol–water partition coefficient (Wildman–Crippen LogP) is 4.33. The molecule has 0 aliphatic rings. The Morgan fingerprint density at radius 3 is 1.31 bits per heavy atom. The number of aromatic nitrogens is 2. The zero-order valence-electron chi connectivity index (χ0n) is 19.9. The SMILES string of the molecule is O=C(O)c1cc(Cc2ccc(F)cc2)cnc1C(=O)OC(=O)c1ncc(Cc2ccc(F)cc2)cc1C(=O)O. The molecule has 0 aliphatic heterocycles. The Bertz CT molecular complexity index is 1470. The van der Waals surface area contributed by atoms with Crippen LogP contribution in [0.15, 0.2) is 73.1 Å². The van der Waals surface area contributed by atoms with Crippen molar-refractivity contribution < 1.29 is 42.9 Å². The van der Waals surface area contributed by atoms with Gasteiger partial charge in [0.15, 0.2) is 11.4 Å². The van der Waals surface area contributed by atoms with Crippen LogP contribution in [-0.2, 0) is 17.6 Å². The fourth-order valence-electron chi connectivity index (χ4n) is 3.72. The number of nitrogens with zero attached hydrogens (tertiary/aromatic N) is 2. The van der Waals surface area contributed by atoms with Crippen LogP contribution in [0.2, 0.25) is 0 Å². The summed E-state index contributed by atoms with van der Waals surface area (Å²) >= 11 is 0. The number of pyridine rings is 2. The number of benzene rings is 2. The predicted molar refractivity (Wildman–Crippen MR) is 131 cm³/mol. The monoisotopic (exact) mass is 532 g/mol. The Kier molecular flexibility index (Phi) is 7.80. The van der Waals surface area contributed by atoms with Gasteiger partial charge in [-0.05, 0) is 71.5 Å². The maximum Gasteiger partial charge on any atom is 0.365 e. The quantitative estimate of drug-likeness (QED) is 0.250. The molecule has 0 aliphatic carbocycles. The number of carbonyl (C=O) groups excluding carboxylic acids is 2. The highest BCUT2D eigenvalue weighted by atomic mass is 19.1. The number of hydrogen-bond acceptors (Lipinski definition) is 7.